The lowest BCUT2D eigenvalue weighted by atomic mass is 9.93. The van der Waals surface area contributed by atoms with E-state index < -0.39 is 0 Å². The third-order valence-corrected chi connectivity index (χ3v) is 6.67. The number of nitrogens with zero attached hydrogens (tertiary/aromatic N) is 2. The molecule has 2 aromatic heterocycles. The molecule has 7 aromatic rings. The third kappa shape index (κ3) is 2.96. The fourth-order valence-electron chi connectivity index (χ4n) is 5.04. The second kappa shape index (κ2) is 7.50. The van der Waals surface area contributed by atoms with E-state index in [9.17, 15) is 0 Å². The van der Waals surface area contributed by atoms with Gasteiger partial charge in [-0.25, -0.2) is 4.98 Å². The Morgan fingerprint density at radius 2 is 1.09 bits per heavy atom. The van der Waals surface area contributed by atoms with Crippen molar-refractivity contribution in [1.82, 2.24) is 9.97 Å². The highest BCUT2D eigenvalue weighted by Gasteiger charge is 2.08. The minimum atomic E-state index is 0.925. The lowest BCUT2D eigenvalue weighted by Crippen LogP contribution is -1.87. The first kappa shape index (κ1) is 19.0. The number of aromatic nitrogens is 2. The molecule has 0 fully saturated rings. The maximum absolute atomic E-state index is 4.92. The zero-order valence-electron chi connectivity index (χ0n) is 18.4. The number of fused-ring (bicyclic) bond motifs is 9. The SMILES string of the molecule is C(=C\c1ccc2ccc3cccnc3c2n1)/c1ccc2c3ccccc3c3ccccc3c2c1. The number of pyridine rings is 2. The lowest BCUT2D eigenvalue weighted by Gasteiger charge is -2.10. The summed E-state index contributed by atoms with van der Waals surface area (Å²) < 4.78 is 0. The Labute approximate surface area is 196 Å². The van der Waals surface area contributed by atoms with Gasteiger partial charge in [0.15, 0.2) is 0 Å². The monoisotopic (exact) mass is 432 g/mol. The average molecular weight is 433 g/mol. The van der Waals surface area contributed by atoms with Gasteiger partial charge in [0.05, 0.1) is 16.7 Å². The van der Waals surface area contributed by atoms with E-state index in [0.29, 0.717) is 0 Å². The van der Waals surface area contributed by atoms with Crippen molar-refractivity contribution >= 4 is 66.3 Å². The Morgan fingerprint density at radius 1 is 0.471 bits per heavy atom. The molecule has 0 radical (unpaired) electrons. The zero-order chi connectivity index (χ0) is 22.5. The highest BCUT2D eigenvalue weighted by Crippen LogP contribution is 2.35. The molecule has 0 aliphatic carbocycles. The van der Waals surface area contributed by atoms with Gasteiger partial charge in [-0.15, -0.1) is 0 Å². The lowest BCUT2D eigenvalue weighted by molar-refractivity contribution is 1.35. The quantitative estimate of drug-likeness (QED) is 0.256. The van der Waals surface area contributed by atoms with Gasteiger partial charge < -0.3 is 0 Å². The van der Waals surface area contributed by atoms with Gasteiger partial charge in [-0.1, -0.05) is 91.0 Å². The topological polar surface area (TPSA) is 25.8 Å². The van der Waals surface area contributed by atoms with Gasteiger partial charge in [0.2, 0.25) is 0 Å². The minimum Gasteiger partial charge on any atom is -0.254 e. The van der Waals surface area contributed by atoms with E-state index in [4.69, 9.17) is 4.98 Å². The molecule has 2 heteroatoms. The summed E-state index contributed by atoms with van der Waals surface area (Å²) in [7, 11) is 0. The van der Waals surface area contributed by atoms with Crippen LogP contribution in [0.25, 0.3) is 66.3 Å². The van der Waals surface area contributed by atoms with Crippen molar-refractivity contribution in [1.29, 1.82) is 0 Å². The van der Waals surface area contributed by atoms with Crippen molar-refractivity contribution in [2.45, 2.75) is 0 Å². The Bertz CT molecular complexity index is 1880. The summed E-state index contributed by atoms with van der Waals surface area (Å²) in [6.07, 6.45) is 6.07. The molecule has 2 heterocycles. The molecule has 0 spiro atoms. The van der Waals surface area contributed by atoms with Crippen molar-refractivity contribution in [3.05, 3.63) is 121 Å². The maximum Gasteiger partial charge on any atom is 0.0971 e. The van der Waals surface area contributed by atoms with Gasteiger partial charge in [0.1, 0.15) is 0 Å². The molecule has 2 nitrogen and oxygen atoms in total. The van der Waals surface area contributed by atoms with Crippen LogP contribution in [-0.4, -0.2) is 9.97 Å². The fraction of sp³-hybridized carbons (Fsp3) is 0. The predicted octanol–water partition coefficient (Wildman–Crippen LogP) is 8.41. The van der Waals surface area contributed by atoms with Crippen LogP contribution in [0.1, 0.15) is 11.3 Å². The van der Waals surface area contributed by atoms with Crippen LogP contribution in [0.15, 0.2) is 109 Å². The molecule has 7 rings (SSSR count). The minimum absolute atomic E-state index is 0.925. The van der Waals surface area contributed by atoms with Crippen molar-refractivity contribution in [2.24, 2.45) is 0 Å². The third-order valence-electron chi connectivity index (χ3n) is 6.67. The smallest absolute Gasteiger partial charge is 0.0971 e. The Balaban J connectivity index is 1.37. The van der Waals surface area contributed by atoms with Gasteiger partial charge in [0, 0.05) is 17.0 Å². The highest BCUT2D eigenvalue weighted by atomic mass is 14.7. The standard InChI is InChI=1S/C32H20N2/c1-2-9-27-25(7-1)26-8-3-4-10-28(26)30-20-21(12-18-29(27)30)11-16-24-17-15-23-14-13-22-6-5-19-33-31(22)32(23)34-24/h1-20H/b16-11+. The largest absolute Gasteiger partial charge is 0.254 e. The Kier molecular flexibility index (Phi) is 4.18. The number of hydrogen-bond acceptors (Lipinski definition) is 2. The van der Waals surface area contributed by atoms with Crippen LogP contribution < -0.4 is 0 Å². The molecule has 0 bridgehead atoms. The van der Waals surface area contributed by atoms with E-state index >= 15 is 0 Å². The van der Waals surface area contributed by atoms with E-state index in [2.05, 4.69) is 114 Å². The van der Waals surface area contributed by atoms with E-state index in [1.807, 2.05) is 12.3 Å². The highest BCUT2D eigenvalue weighted by molar-refractivity contribution is 6.25. The first-order chi connectivity index (χ1) is 16.8. The molecule has 34 heavy (non-hydrogen) atoms. The summed E-state index contributed by atoms with van der Waals surface area (Å²) in [5.41, 5.74) is 3.97. The number of rotatable bonds is 2. The van der Waals surface area contributed by atoms with Crippen LogP contribution >= 0.6 is 0 Å². The second-order valence-corrected chi connectivity index (χ2v) is 8.68. The summed E-state index contributed by atoms with van der Waals surface area (Å²) in [5.74, 6) is 0. The van der Waals surface area contributed by atoms with Crippen LogP contribution in [0.2, 0.25) is 0 Å². The van der Waals surface area contributed by atoms with Gasteiger partial charge in [-0.05, 0) is 62.2 Å². The molecule has 5 aromatic carbocycles. The van der Waals surface area contributed by atoms with Crippen LogP contribution in [-0.2, 0) is 0 Å². The van der Waals surface area contributed by atoms with Crippen molar-refractivity contribution in [3.8, 4) is 0 Å². The van der Waals surface area contributed by atoms with Crippen LogP contribution in [0, 0.1) is 0 Å². The summed E-state index contributed by atoms with van der Waals surface area (Å²) in [5, 5.41) is 9.95. The van der Waals surface area contributed by atoms with E-state index in [-0.39, 0.29) is 0 Å². The number of benzene rings is 5. The first-order valence-electron chi connectivity index (χ1n) is 11.5. The molecule has 0 aliphatic heterocycles. The van der Waals surface area contributed by atoms with Crippen molar-refractivity contribution in [2.75, 3.05) is 0 Å². The Morgan fingerprint density at radius 3 is 1.82 bits per heavy atom. The summed E-state index contributed by atoms with van der Waals surface area (Å²) in [4.78, 5) is 9.49. The summed E-state index contributed by atoms with van der Waals surface area (Å²) in [6, 6.07) is 36.5. The average Bonchev–Trinajstić information content (AvgIpc) is 2.92. The summed E-state index contributed by atoms with van der Waals surface area (Å²) in [6.45, 7) is 0. The van der Waals surface area contributed by atoms with Gasteiger partial charge in [-0.2, -0.15) is 0 Å². The number of hydrogen-bond donors (Lipinski definition) is 0. The first-order valence-corrected chi connectivity index (χ1v) is 11.5. The van der Waals surface area contributed by atoms with Crippen LogP contribution in [0.4, 0.5) is 0 Å². The molecule has 0 N–H and O–H groups in total. The molecule has 158 valence electrons. The molecule has 0 unspecified atom stereocenters. The predicted molar refractivity (Wildman–Crippen MR) is 145 cm³/mol. The van der Waals surface area contributed by atoms with Crippen LogP contribution in [0.3, 0.4) is 0 Å². The van der Waals surface area contributed by atoms with Crippen molar-refractivity contribution in [3.63, 3.8) is 0 Å². The molecular formula is C32H20N2. The molecule has 0 saturated carbocycles. The fourth-order valence-corrected chi connectivity index (χ4v) is 5.04. The van der Waals surface area contributed by atoms with Gasteiger partial charge in [-0.3, -0.25) is 4.98 Å². The molecule has 0 aliphatic rings. The summed E-state index contributed by atoms with van der Waals surface area (Å²) >= 11 is 0. The molecular weight excluding hydrogens is 412 g/mol. The van der Waals surface area contributed by atoms with Gasteiger partial charge >= 0.3 is 0 Å². The molecule has 0 atom stereocenters. The molecule has 0 amide bonds. The van der Waals surface area contributed by atoms with E-state index in [1.165, 1.54) is 32.3 Å². The van der Waals surface area contributed by atoms with E-state index in [1.54, 1.807) is 0 Å². The zero-order valence-corrected chi connectivity index (χ0v) is 18.4. The second-order valence-electron chi connectivity index (χ2n) is 8.68. The maximum atomic E-state index is 4.92. The van der Waals surface area contributed by atoms with Crippen LogP contribution in [0.5, 0.6) is 0 Å². The normalized spacial score (nSPS) is 12.0. The Hall–Kier alpha value is -4.56. The van der Waals surface area contributed by atoms with Crippen molar-refractivity contribution < 1.29 is 0 Å². The van der Waals surface area contributed by atoms with Gasteiger partial charge in [0.25, 0.3) is 0 Å². The van der Waals surface area contributed by atoms with E-state index in [0.717, 1.165) is 33.1 Å². The molecule has 0 saturated heterocycles.